The summed E-state index contributed by atoms with van der Waals surface area (Å²) in [5.41, 5.74) is 2.67. The molecule has 2 aromatic rings. The van der Waals surface area contributed by atoms with Crippen LogP contribution in [0.4, 0.5) is 0 Å². The molecule has 1 fully saturated rings. The number of piperidine rings is 1. The first-order valence-corrected chi connectivity index (χ1v) is 8.79. The summed E-state index contributed by atoms with van der Waals surface area (Å²) in [7, 11) is 0. The normalized spacial score (nSPS) is 19.8. The lowest BCUT2D eigenvalue weighted by molar-refractivity contribution is -0.0575. The number of ether oxygens (including phenoxy) is 1. The Labute approximate surface area is 147 Å². The zero-order chi connectivity index (χ0) is 16.6. The van der Waals surface area contributed by atoms with Crippen molar-refractivity contribution in [2.75, 3.05) is 13.1 Å². The standard InChI is InChI=1S/C20H20ClNO2/c21-17-7-6-16-13-20(24-19(23)18(16)12-17)8-10-22(11-9-20)14-15-4-2-1-3-5-15/h1-7,12H,8-11,13-14H2. The number of rotatable bonds is 2. The molecule has 2 aromatic carbocycles. The molecule has 0 aliphatic carbocycles. The van der Waals surface area contributed by atoms with Gasteiger partial charge in [-0.1, -0.05) is 48.0 Å². The number of fused-ring (bicyclic) bond motifs is 1. The summed E-state index contributed by atoms with van der Waals surface area (Å²) in [6.07, 6.45) is 2.56. The molecular formula is C20H20ClNO2. The highest BCUT2D eigenvalue weighted by atomic mass is 35.5. The van der Waals surface area contributed by atoms with Gasteiger partial charge >= 0.3 is 5.97 Å². The van der Waals surface area contributed by atoms with E-state index in [-0.39, 0.29) is 11.6 Å². The molecule has 2 heterocycles. The number of nitrogens with zero attached hydrogens (tertiary/aromatic N) is 1. The van der Waals surface area contributed by atoms with Crippen molar-refractivity contribution in [3.63, 3.8) is 0 Å². The van der Waals surface area contributed by atoms with Gasteiger partial charge in [0.1, 0.15) is 5.60 Å². The monoisotopic (exact) mass is 341 g/mol. The molecule has 0 amide bonds. The van der Waals surface area contributed by atoms with Gasteiger partial charge in [-0.2, -0.15) is 0 Å². The fourth-order valence-electron chi connectivity index (χ4n) is 3.77. The zero-order valence-corrected chi connectivity index (χ0v) is 14.3. The van der Waals surface area contributed by atoms with Gasteiger partial charge in [0.25, 0.3) is 0 Å². The third-order valence-corrected chi connectivity index (χ3v) is 5.37. The van der Waals surface area contributed by atoms with Gasteiger partial charge in [-0.05, 0) is 23.3 Å². The van der Waals surface area contributed by atoms with Crippen molar-refractivity contribution >= 4 is 17.6 Å². The quantitative estimate of drug-likeness (QED) is 0.771. The molecule has 24 heavy (non-hydrogen) atoms. The highest BCUT2D eigenvalue weighted by molar-refractivity contribution is 6.31. The third-order valence-electron chi connectivity index (χ3n) is 5.13. The minimum atomic E-state index is -0.342. The van der Waals surface area contributed by atoms with E-state index in [0.29, 0.717) is 10.6 Å². The number of hydrogen-bond acceptors (Lipinski definition) is 3. The maximum absolute atomic E-state index is 12.4. The summed E-state index contributed by atoms with van der Waals surface area (Å²) in [4.78, 5) is 14.8. The molecule has 2 aliphatic heterocycles. The van der Waals surface area contributed by atoms with Gasteiger partial charge in [-0.3, -0.25) is 4.90 Å². The van der Waals surface area contributed by atoms with E-state index in [1.54, 1.807) is 6.07 Å². The smallest absolute Gasteiger partial charge is 0.339 e. The molecule has 2 aliphatic rings. The van der Waals surface area contributed by atoms with E-state index in [2.05, 4.69) is 29.2 Å². The second kappa shape index (κ2) is 6.23. The molecule has 1 spiro atoms. The van der Waals surface area contributed by atoms with Crippen LogP contribution in [-0.4, -0.2) is 29.6 Å². The van der Waals surface area contributed by atoms with Crippen LogP contribution < -0.4 is 0 Å². The van der Waals surface area contributed by atoms with Crippen LogP contribution in [0.15, 0.2) is 48.5 Å². The summed E-state index contributed by atoms with van der Waals surface area (Å²) in [5.74, 6) is -0.227. The Bertz CT molecular complexity index is 751. The Balaban J connectivity index is 1.45. The third kappa shape index (κ3) is 3.06. The zero-order valence-electron chi connectivity index (χ0n) is 13.5. The maximum atomic E-state index is 12.4. The molecule has 0 aromatic heterocycles. The van der Waals surface area contributed by atoms with E-state index in [1.807, 2.05) is 18.2 Å². The molecule has 0 unspecified atom stereocenters. The van der Waals surface area contributed by atoms with Crippen molar-refractivity contribution in [1.82, 2.24) is 4.90 Å². The van der Waals surface area contributed by atoms with Crippen molar-refractivity contribution in [1.29, 1.82) is 0 Å². The van der Waals surface area contributed by atoms with Crippen LogP contribution in [-0.2, 0) is 17.7 Å². The fraction of sp³-hybridized carbons (Fsp3) is 0.350. The summed E-state index contributed by atoms with van der Waals surface area (Å²) >= 11 is 6.00. The van der Waals surface area contributed by atoms with Crippen LogP contribution in [0.2, 0.25) is 5.02 Å². The summed E-state index contributed by atoms with van der Waals surface area (Å²) < 4.78 is 5.87. The highest BCUT2D eigenvalue weighted by Gasteiger charge is 2.42. The van der Waals surface area contributed by atoms with Crippen molar-refractivity contribution in [3.05, 3.63) is 70.2 Å². The summed E-state index contributed by atoms with van der Waals surface area (Å²) in [6.45, 7) is 2.85. The number of halogens is 1. The van der Waals surface area contributed by atoms with Gasteiger partial charge in [0.2, 0.25) is 0 Å². The van der Waals surface area contributed by atoms with Gasteiger partial charge in [-0.25, -0.2) is 4.79 Å². The summed E-state index contributed by atoms with van der Waals surface area (Å²) in [5, 5.41) is 0.583. The molecule has 0 radical (unpaired) electrons. The molecule has 4 rings (SSSR count). The van der Waals surface area contributed by atoms with E-state index >= 15 is 0 Å². The molecule has 1 saturated heterocycles. The van der Waals surface area contributed by atoms with Gasteiger partial charge in [0, 0.05) is 43.9 Å². The lowest BCUT2D eigenvalue weighted by Gasteiger charge is -2.43. The number of hydrogen-bond donors (Lipinski definition) is 0. The average molecular weight is 342 g/mol. The predicted molar refractivity (Wildman–Crippen MR) is 94.3 cm³/mol. The van der Waals surface area contributed by atoms with Crippen molar-refractivity contribution < 1.29 is 9.53 Å². The van der Waals surface area contributed by atoms with Crippen molar-refractivity contribution in [2.45, 2.75) is 31.4 Å². The Morgan fingerprint density at radius 2 is 1.83 bits per heavy atom. The number of carbonyl (C=O) groups is 1. The lowest BCUT2D eigenvalue weighted by Crippen LogP contribution is -2.50. The Morgan fingerprint density at radius 3 is 2.58 bits per heavy atom. The van der Waals surface area contributed by atoms with E-state index in [0.717, 1.165) is 44.5 Å². The second-order valence-corrected chi connectivity index (χ2v) is 7.25. The molecule has 4 heteroatoms. The highest BCUT2D eigenvalue weighted by Crippen LogP contribution is 2.37. The summed E-state index contributed by atoms with van der Waals surface area (Å²) in [6, 6.07) is 16.1. The van der Waals surface area contributed by atoms with E-state index in [1.165, 1.54) is 5.56 Å². The van der Waals surface area contributed by atoms with Crippen LogP contribution >= 0.6 is 11.6 Å². The maximum Gasteiger partial charge on any atom is 0.339 e. The first-order chi connectivity index (χ1) is 11.6. The van der Waals surface area contributed by atoms with Crippen molar-refractivity contribution in [2.24, 2.45) is 0 Å². The van der Waals surface area contributed by atoms with Crippen LogP contribution in [0.1, 0.15) is 34.3 Å². The fourth-order valence-corrected chi connectivity index (χ4v) is 3.94. The molecule has 3 nitrogen and oxygen atoms in total. The topological polar surface area (TPSA) is 29.5 Å². The first-order valence-electron chi connectivity index (χ1n) is 8.42. The molecular weight excluding hydrogens is 322 g/mol. The molecule has 0 atom stereocenters. The molecule has 0 bridgehead atoms. The lowest BCUT2D eigenvalue weighted by atomic mass is 9.81. The minimum absolute atomic E-state index is 0.227. The molecule has 124 valence electrons. The Morgan fingerprint density at radius 1 is 1.08 bits per heavy atom. The Kier molecular flexibility index (Phi) is 4.07. The van der Waals surface area contributed by atoms with E-state index in [9.17, 15) is 4.79 Å². The Hall–Kier alpha value is -1.84. The van der Waals surface area contributed by atoms with Crippen LogP contribution in [0.5, 0.6) is 0 Å². The van der Waals surface area contributed by atoms with E-state index in [4.69, 9.17) is 16.3 Å². The predicted octanol–water partition coefficient (Wildman–Crippen LogP) is 4.09. The van der Waals surface area contributed by atoms with Crippen molar-refractivity contribution in [3.8, 4) is 0 Å². The number of likely N-dealkylation sites (tertiary alicyclic amines) is 1. The largest absolute Gasteiger partial charge is 0.455 e. The van der Waals surface area contributed by atoms with E-state index < -0.39 is 0 Å². The van der Waals surface area contributed by atoms with Crippen LogP contribution in [0.25, 0.3) is 0 Å². The van der Waals surface area contributed by atoms with Gasteiger partial charge in [0.05, 0.1) is 5.56 Å². The van der Waals surface area contributed by atoms with Gasteiger partial charge in [0.15, 0.2) is 0 Å². The number of carbonyl (C=O) groups excluding carboxylic acids is 1. The first kappa shape index (κ1) is 15.7. The minimum Gasteiger partial charge on any atom is -0.455 e. The molecule has 0 N–H and O–H groups in total. The number of benzene rings is 2. The molecule has 0 saturated carbocycles. The average Bonchev–Trinajstić information content (AvgIpc) is 2.59. The SMILES string of the molecule is O=C1OC2(CCN(Cc3ccccc3)CC2)Cc2ccc(Cl)cc21. The van der Waals surface area contributed by atoms with Crippen LogP contribution in [0.3, 0.4) is 0 Å². The van der Waals surface area contributed by atoms with Crippen LogP contribution in [0, 0.1) is 0 Å². The second-order valence-electron chi connectivity index (χ2n) is 6.81. The number of esters is 1. The van der Waals surface area contributed by atoms with Gasteiger partial charge in [-0.15, -0.1) is 0 Å². The van der Waals surface area contributed by atoms with Gasteiger partial charge < -0.3 is 4.74 Å².